The minimum Gasteiger partial charge on any atom is -0.381 e. The van der Waals surface area contributed by atoms with E-state index in [0.29, 0.717) is 5.41 Å². The molecule has 12 heavy (non-hydrogen) atoms. The Kier molecular flexibility index (Phi) is 6.39. The molecule has 0 radical (unpaired) electrons. The van der Waals surface area contributed by atoms with E-state index in [4.69, 9.17) is 4.74 Å². The second kappa shape index (κ2) is 6.44. The molecule has 0 saturated carbocycles. The molecule has 1 atom stereocenters. The summed E-state index contributed by atoms with van der Waals surface area (Å²) in [5.41, 5.74) is 0.312. The van der Waals surface area contributed by atoms with Crippen LogP contribution in [-0.4, -0.2) is 26.3 Å². The summed E-state index contributed by atoms with van der Waals surface area (Å²) in [6.07, 6.45) is 1.17. The summed E-state index contributed by atoms with van der Waals surface area (Å²) in [4.78, 5) is 0. The Bertz CT molecular complexity index is 96.0. The van der Waals surface area contributed by atoms with Gasteiger partial charge in [0.15, 0.2) is 0 Å². The van der Waals surface area contributed by atoms with Gasteiger partial charge in [-0.25, -0.2) is 0 Å². The van der Waals surface area contributed by atoms with Crippen molar-refractivity contribution in [3.05, 3.63) is 0 Å². The van der Waals surface area contributed by atoms with Crippen LogP contribution in [0, 0.1) is 5.41 Å². The summed E-state index contributed by atoms with van der Waals surface area (Å²) < 4.78 is 5.45. The topological polar surface area (TPSA) is 21.3 Å². The van der Waals surface area contributed by atoms with Crippen LogP contribution in [-0.2, 0) is 4.74 Å². The average Bonchev–Trinajstić information content (AvgIpc) is 2.11. The zero-order chi connectivity index (χ0) is 9.45. The smallest absolute Gasteiger partial charge is 0.0531 e. The van der Waals surface area contributed by atoms with Crippen LogP contribution in [0.1, 0.15) is 34.1 Å². The van der Waals surface area contributed by atoms with Gasteiger partial charge in [-0.3, -0.25) is 0 Å². The van der Waals surface area contributed by atoms with Crippen molar-refractivity contribution < 1.29 is 4.74 Å². The highest BCUT2D eigenvalue weighted by Gasteiger charge is 2.21. The molecule has 74 valence electrons. The molecule has 0 amide bonds. The molecule has 2 heteroatoms. The fourth-order valence-electron chi connectivity index (χ4n) is 1.05. The van der Waals surface area contributed by atoms with Crippen molar-refractivity contribution >= 4 is 0 Å². The third-order valence-corrected chi connectivity index (χ3v) is 2.31. The minimum absolute atomic E-state index is 0.312. The highest BCUT2D eigenvalue weighted by Crippen LogP contribution is 2.19. The molecule has 1 N–H and O–H groups in total. The van der Waals surface area contributed by atoms with Gasteiger partial charge >= 0.3 is 0 Å². The first-order valence-electron chi connectivity index (χ1n) is 4.97. The molecule has 0 aliphatic heterocycles. The van der Waals surface area contributed by atoms with Crippen molar-refractivity contribution in [3.63, 3.8) is 0 Å². The van der Waals surface area contributed by atoms with E-state index in [9.17, 15) is 0 Å². The van der Waals surface area contributed by atoms with Gasteiger partial charge < -0.3 is 10.1 Å². The van der Waals surface area contributed by atoms with Crippen LogP contribution in [0.5, 0.6) is 0 Å². The molecular weight excluding hydrogens is 150 g/mol. The lowest BCUT2D eigenvalue weighted by molar-refractivity contribution is 0.0584. The van der Waals surface area contributed by atoms with Gasteiger partial charge in [-0.15, -0.1) is 0 Å². The molecule has 0 aromatic heterocycles. The SMILES string of the molecule is CCNCC(C)(CC)COCC. The predicted octanol–water partition coefficient (Wildman–Crippen LogP) is 2.05. The molecule has 0 spiro atoms. The fourth-order valence-corrected chi connectivity index (χ4v) is 1.05. The highest BCUT2D eigenvalue weighted by molar-refractivity contribution is 4.74. The van der Waals surface area contributed by atoms with Crippen LogP contribution in [0.3, 0.4) is 0 Å². The monoisotopic (exact) mass is 173 g/mol. The second-order valence-electron chi connectivity index (χ2n) is 3.58. The maximum Gasteiger partial charge on any atom is 0.0531 e. The molecule has 0 aromatic rings. The van der Waals surface area contributed by atoms with Gasteiger partial charge in [-0.05, 0) is 19.9 Å². The summed E-state index contributed by atoms with van der Waals surface area (Å²) in [5, 5.41) is 3.37. The zero-order valence-corrected chi connectivity index (χ0v) is 8.94. The van der Waals surface area contributed by atoms with E-state index in [0.717, 1.165) is 26.3 Å². The number of hydrogen-bond donors (Lipinski definition) is 1. The van der Waals surface area contributed by atoms with E-state index in [1.165, 1.54) is 6.42 Å². The van der Waals surface area contributed by atoms with Crippen molar-refractivity contribution in [2.75, 3.05) is 26.3 Å². The van der Waals surface area contributed by atoms with Gasteiger partial charge in [-0.1, -0.05) is 20.8 Å². The Labute approximate surface area is 76.7 Å². The molecule has 0 saturated heterocycles. The Morgan fingerprint density at radius 2 is 1.92 bits per heavy atom. The van der Waals surface area contributed by atoms with E-state index in [1.54, 1.807) is 0 Å². The van der Waals surface area contributed by atoms with Crippen molar-refractivity contribution in [1.82, 2.24) is 5.32 Å². The third kappa shape index (κ3) is 4.73. The maximum absolute atomic E-state index is 5.45. The molecule has 1 unspecified atom stereocenters. The standard InChI is InChI=1S/C10H23NO/c1-5-10(4,8-11-6-2)9-12-7-3/h11H,5-9H2,1-4H3. The first kappa shape index (κ1) is 11.9. The molecule has 0 aromatic carbocycles. The molecule has 0 heterocycles. The first-order chi connectivity index (χ1) is 5.68. The van der Waals surface area contributed by atoms with Crippen molar-refractivity contribution in [3.8, 4) is 0 Å². The average molecular weight is 173 g/mol. The molecule has 2 nitrogen and oxygen atoms in total. The van der Waals surface area contributed by atoms with E-state index < -0.39 is 0 Å². The van der Waals surface area contributed by atoms with E-state index in [2.05, 4.69) is 26.1 Å². The summed E-state index contributed by atoms with van der Waals surface area (Å²) in [5.74, 6) is 0. The highest BCUT2D eigenvalue weighted by atomic mass is 16.5. The van der Waals surface area contributed by atoms with Crippen LogP contribution in [0.2, 0.25) is 0 Å². The minimum atomic E-state index is 0.312. The lowest BCUT2D eigenvalue weighted by Gasteiger charge is -2.27. The molecular formula is C10H23NO. The quantitative estimate of drug-likeness (QED) is 0.636. The van der Waals surface area contributed by atoms with Crippen LogP contribution in [0.4, 0.5) is 0 Å². The molecule has 0 rings (SSSR count). The molecule has 0 aliphatic carbocycles. The van der Waals surface area contributed by atoms with E-state index >= 15 is 0 Å². The molecule has 0 aliphatic rings. The second-order valence-corrected chi connectivity index (χ2v) is 3.58. The Morgan fingerprint density at radius 3 is 2.33 bits per heavy atom. The summed E-state index contributed by atoms with van der Waals surface area (Å²) in [6.45, 7) is 12.5. The van der Waals surface area contributed by atoms with Gasteiger partial charge in [0.05, 0.1) is 6.61 Å². The van der Waals surface area contributed by atoms with Gasteiger partial charge in [0, 0.05) is 18.6 Å². The van der Waals surface area contributed by atoms with Gasteiger partial charge in [0.1, 0.15) is 0 Å². The fraction of sp³-hybridized carbons (Fsp3) is 1.00. The summed E-state index contributed by atoms with van der Waals surface area (Å²) in [7, 11) is 0. The van der Waals surface area contributed by atoms with Gasteiger partial charge in [-0.2, -0.15) is 0 Å². The zero-order valence-electron chi connectivity index (χ0n) is 8.94. The van der Waals surface area contributed by atoms with Gasteiger partial charge in [0.25, 0.3) is 0 Å². The summed E-state index contributed by atoms with van der Waals surface area (Å²) >= 11 is 0. The summed E-state index contributed by atoms with van der Waals surface area (Å²) in [6, 6.07) is 0. The normalized spacial score (nSPS) is 16.0. The van der Waals surface area contributed by atoms with Crippen LogP contribution < -0.4 is 5.32 Å². The molecule has 0 bridgehead atoms. The van der Waals surface area contributed by atoms with E-state index in [1.807, 2.05) is 6.92 Å². The number of hydrogen-bond acceptors (Lipinski definition) is 2. The Hall–Kier alpha value is -0.0800. The lowest BCUT2D eigenvalue weighted by atomic mass is 9.88. The van der Waals surface area contributed by atoms with Crippen molar-refractivity contribution in [2.24, 2.45) is 5.41 Å². The molecule has 0 fully saturated rings. The first-order valence-corrected chi connectivity index (χ1v) is 4.97. The predicted molar refractivity (Wildman–Crippen MR) is 53.4 cm³/mol. The third-order valence-electron chi connectivity index (χ3n) is 2.31. The maximum atomic E-state index is 5.45. The van der Waals surface area contributed by atoms with Crippen LogP contribution >= 0.6 is 0 Å². The van der Waals surface area contributed by atoms with Crippen LogP contribution in [0.25, 0.3) is 0 Å². The van der Waals surface area contributed by atoms with Crippen molar-refractivity contribution in [2.45, 2.75) is 34.1 Å². The number of ether oxygens (including phenoxy) is 1. The van der Waals surface area contributed by atoms with Gasteiger partial charge in [0.2, 0.25) is 0 Å². The van der Waals surface area contributed by atoms with Crippen molar-refractivity contribution in [1.29, 1.82) is 0 Å². The van der Waals surface area contributed by atoms with E-state index in [-0.39, 0.29) is 0 Å². The lowest BCUT2D eigenvalue weighted by Crippen LogP contribution is -2.35. The Balaban J connectivity index is 3.70. The number of rotatable bonds is 7. The Morgan fingerprint density at radius 1 is 1.25 bits per heavy atom. The largest absolute Gasteiger partial charge is 0.381 e. The van der Waals surface area contributed by atoms with Crippen LogP contribution in [0.15, 0.2) is 0 Å². The number of nitrogens with one attached hydrogen (secondary N) is 1.